The van der Waals surface area contributed by atoms with Gasteiger partial charge in [-0.2, -0.15) is 0 Å². The lowest BCUT2D eigenvalue weighted by Crippen LogP contribution is -2.36. The van der Waals surface area contributed by atoms with Crippen molar-refractivity contribution in [1.82, 2.24) is 4.90 Å². The SMILES string of the molecule is CCOc1cc(/C=C2/SC(=O)N(CC(=O)Nc3cc(C)ccc3C)C2=O)ccc1OCc1ccccc1F. The minimum absolute atomic E-state index is 0.0229. The predicted molar refractivity (Wildman–Crippen MR) is 146 cm³/mol. The second kappa shape index (κ2) is 12.0. The van der Waals surface area contributed by atoms with Crippen LogP contribution in [0.2, 0.25) is 0 Å². The number of amides is 3. The molecule has 0 bridgehead atoms. The highest BCUT2D eigenvalue weighted by Crippen LogP contribution is 2.35. The van der Waals surface area contributed by atoms with Gasteiger partial charge < -0.3 is 14.8 Å². The zero-order chi connectivity index (χ0) is 27.2. The van der Waals surface area contributed by atoms with Crippen LogP contribution < -0.4 is 14.8 Å². The zero-order valence-corrected chi connectivity index (χ0v) is 22.1. The normalized spacial score (nSPS) is 14.2. The number of halogens is 1. The van der Waals surface area contributed by atoms with Gasteiger partial charge in [0.1, 0.15) is 19.0 Å². The molecule has 1 heterocycles. The molecule has 0 spiro atoms. The minimum atomic E-state index is -0.547. The van der Waals surface area contributed by atoms with E-state index in [0.717, 1.165) is 27.8 Å². The lowest BCUT2D eigenvalue weighted by molar-refractivity contribution is -0.127. The Morgan fingerprint density at radius 1 is 1.03 bits per heavy atom. The van der Waals surface area contributed by atoms with Gasteiger partial charge in [-0.3, -0.25) is 19.3 Å². The maximum atomic E-state index is 13.9. The summed E-state index contributed by atoms with van der Waals surface area (Å²) in [6, 6.07) is 17.1. The highest BCUT2D eigenvalue weighted by atomic mass is 32.2. The summed E-state index contributed by atoms with van der Waals surface area (Å²) in [6.45, 7) is 5.60. The Labute approximate surface area is 224 Å². The summed E-state index contributed by atoms with van der Waals surface area (Å²) >= 11 is 0.768. The van der Waals surface area contributed by atoms with Crippen LogP contribution in [-0.4, -0.2) is 35.1 Å². The first-order valence-corrected chi connectivity index (χ1v) is 12.8. The molecule has 196 valence electrons. The highest BCUT2D eigenvalue weighted by Gasteiger charge is 2.36. The Morgan fingerprint density at radius 3 is 2.58 bits per heavy atom. The number of nitrogens with one attached hydrogen (secondary N) is 1. The Balaban J connectivity index is 1.46. The summed E-state index contributed by atoms with van der Waals surface area (Å²) in [7, 11) is 0. The fraction of sp³-hybridized carbons (Fsp3) is 0.207. The molecule has 3 aromatic rings. The van der Waals surface area contributed by atoms with Crippen LogP contribution in [0, 0.1) is 19.7 Å². The fourth-order valence-electron chi connectivity index (χ4n) is 3.76. The van der Waals surface area contributed by atoms with Gasteiger partial charge in [-0.1, -0.05) is 36.4 Å². The molecule has 9 heteroatoms. The number of thioether (sulfide) groups is 1. The van der Waals surface area contributed by atoms with Crippen molar-refractivity contribution >= 4 is 40.6 Å². The van der Waals surface area contributed by atoms with E-state index in [2.05, 4.69) is 5.32 Å². The maximum Gasteiger partial charge on any atom is 0.294 e. The van der Waals surface area contributed by atoms with Crippen molar-refractivity contribution in [3.63, 3.8) is 0 Å². The van der Waals surface area contributed by atoms with Crippen molar-refractivity contribution in [2.24, 2.45) is 0 Å². The molecule has 0 unspecified atom stereocenters. The fourth-order valence-corrected chi connectivity index (χ4v) is 4.60. The number of nitrogens with zero attached hydrogens (tertiary/aromatic N) is 1. The van der Waals surface area contributed by atoms with E-state index in [0.29, 0.717) is 34.9 Å². The molecule has 0 aliphatic carbocycles. The second-order valence-corrected chi connectivity index (χ2v) is 9.65. The molecule has 0 aromatic heterocycles. The van der Waals surface area contributed by atoms with Crippen LogP contribution in [0.3, 0.4) is 0 Å². The molecule has 3 aromatic carbocycles. The van der Waals surface area contributed by atoms with Gasteiger partial charge in [0.05, 0.1) is 11.5 Å². The molecular formula is C29H27FN2O5S. The van der Waals surface area contributed by atoms with Crippen LogP contribution in [0.4, 0.5) is 14.9 Å². The van der Waals surface area contributed by atoms with Crippen LogP contribution in [-0.2, 0) is 16.2 Å². The summed E-state index contributed by atoms with van der Waals surface area (Å²) in [4.78, 5) is 39.2. The quantitative estimate of drug-likeness (QED) is 0.334. The largest absolute Gasteiger partial charge is 0.490 e. The Bertz CT molecular complexity index is 1420. The average Bonchev–Trinajstić information content (AvgIpc) is 3.14. The van der Waals surface area contributed by atoms with E-state index in [1.807, 2.05) is 39.0 Å². The van der Waals surface area contributed by atoms with Crippen molar-refractivity contribution in [2.45, 2.75) is 27.4 Å². The van der Waals surface area contributed by atoms with Gasteiger partial charge >= 0.3 is 0 Å². The molecular weight excluding hydrogens is 507 g/mol. The van der Waals surface area contributed by atoms with Crippen LogP contribution in [0.25, 0.3) is 6.08 Å². The van der Waals surface area contributed by atoms with Gasteiger partial charge in [-0.15, -0.1) is 0 Å². The third-order valence-corrected chi connectivity index (χ3v) is 6.66. The van der Waals surface area contributed by atoms with Gasteiger partial charge in [-0.25, -0.2) is 4.39 Å². The van der Waals surface area contributed by atoms with Gasteiger partial charge in [0, 0.05) is 11.3 Å². The Morgan fingerprint density at radius 2 is 1.82 bits per heavy atom. The minimum Gasteiger partial charge on any atom is -0.490 e. The Hall–Kier alpha value is -4.11. The first-order valence-electron chi connectivity index (χ1n) is 12.0. The van der Waals surface area contributed by atoms with Crippen LogP contribution in [0.1, 0.15) is 29.2 Å². The van der Waals surface area contributed by atoms with E-state index in [9.17, 15) is 18.8 Å². The van der Waals surface area contributed by atoms with Crippen LogP contribution in [0.5, 0.6) is 11.5 Å². The van der Waals surface area contributed by atoms with E-state index < -0.39 is 17.1 Å². The summed E-state index contributed by atoms with van der Waals surface area (Å²) < 4.78 is 25.4. The molecule has 0 radical (unpaired) electrons. The van der Waals surface area contributed by atoms with Crippen LogP contribution in [0.15, 0.2) is 65.6 Å². The number of hydrogen-bond acceptors (Lipinski definition) is 6. The molecule has 1 aliphatic heterocycles. The molecule has 38 heavy (non-hydrogen) atoms. The topological polar surface area (TPSA) is 84.9 Å². The third kappa shape index (κ3) is 6.41. The predicted octanol–water partition coefficient (Wildman–Crippen LogP) is 6.10. The number of imide groups is 1. The number of hydrogen-bond donors (Lipinski definition) is 1. The summed E-state index contributed by atoms with van der Waals surface area (Å²) in [5.41, 5.74) is 3.52. The maximum absolute atomic E-state index is 13.9. The number of aryl methyl sites for hydroxylation is 2. The molecule has 1 saturated heterocycles. The van der Waals surface area contributed by atoms with Crippen molar-refractivity contribution < 1.29 is 28.2 Å². The number of rotatable bonds is 9. The van der Waals surface area contributed by atoms with Gasteiger partial charge in [-0.05, 0) is 79.6 Å². The molecule has 1 aliphatic rings. The molecule has 1 N–H and O–H groups in total. The second-order valence-electron chi connectivity index (χ2n) is 8.65. The van der Waals surface area contributed by atoms with E-state index >= 15 is 0 Å². The van der Waals surface area contributed by atoms with Crippen molar-refractivity contribution in [1.29, 1.82) is 0 Å². The number of anilines is 1. The monoisotopic (exact) mass is 534 g/mol. The zero-order valence-electron chi connectivity index (χ0n) is 21.2. The molecule has 7 nitrogen and oxygen atoms in total. The van der Waals surface area contributed by atoms with E-state index in [4.69, 9.17) is 9.47 Å². The lowest BCUT2D eigenvalue weighted by atomic mass is 10.1. The molecule has 4 rings (SSSR count). The van der Waals surface area contributed by atoms with Crippen molar-refractivity contribution in [3.05, 3.63) is 93.6 Å². The number of carbonyl (C=O) groups excluding carboxylic acids is 3. The molecule has 0 saturated carbocycles. The van der Waals surface area contributed by atoms with Crippen LogP contribution >= 0.6 is 11.8 Å². The van der Waals surface area contributed by atoms with Crippen molar-refractivity contribution in [3.8, 4) is 11.5 Å². The van der Waals surface area contributed by atoms with Crippen molar-refractivity contribution in [2.75, 3.05) is 18.5 Å². The van der Waals surface area contributed by atoms with Gasteiger partial charge in [0.2, 0.25) is 5.91 Å². The smallest absolute Gasteiger partial charge is 0.294 e. The summed E-state index contributed by atoms with van der Waals surface area (Å²) in [5.74, 6) is -0.528. The summed E-state index contributed by atoms with van der Waals surface area (Å²) in [5, 5.41) is 2.25. The first kappa shape index (κ1) is 26.9. The highest BCUT2D eigenvalue weighted by molar-refractivity contribution is 8.18. The van der Waals surface area contributed by atoms with Gasteiger partial charge in [0.15, 0.2) is 11.5 Å². The number of ether oxygens (including phenoxy) is 2. The number of carbonyl (C=O) groups is 3. The van der Waals surface area contributed by atoms with E-state index in [-0.39, 0.29) is 23.9 Å². The standard InChI is InChI=1S/C29H27FN2O5S/c1-4-36-25-14-20(11-12-24(25)37-17-21-7-5-6-8-22(21)30)15-26-28(34)32(29(35)38-26)16-27(33)31-23-13-18(2)9-10-19(23)3/h5-15H,4,16-17H2,1-3H3,(H,31,33)/b26-15+. The first-order chi connectivity index (χ1) is 18.2. The third-order valence-electron chi connectivity index (χ3n) is 5.75. The molecule has 3 amide bonds. The number of benzene rings is 3. The molecule has 0 atom stereocenters. The van der Waals surface area contributed by atoms with E-state index in [1.54, 1.807) is 42.5 Å². The lowest BCUT2D eigenvalue weighted by Gasteiger charge is -2.14. The molecule has 1 fully saturated rings. The van der Waals surface area contributed by atoms with E-state index in [1.165, 1.54) is 6.07 Å². The Kier molecular flexibility index (Phi) is 8.48. The van der Waals surface area contributed by atoms with Gasteiger partial charge in [0.25, 0.3) is 11.1 Å². The summed E-state index contributed by atoms with van der Waals surface area (Å²) in [6.07, 6.45) is 1.57. The average molecular weight is 535 g/mol.